The van der Waals surface area contributed by atoms with E-state index in [0.717, 1.165) is 12.5 Å². The number of nitrogens with two attached hydrogens (primary N) is 1. The Morgan fingerprint density at radius 1 is 1.43 bits per heavy atom. The molecule has 2 heteroatoms. The summed E-state index contributed by atoms with van der Waals surface area (Å²) >= 11 is 0. The minimum absolute atomic E-state index is 0.237. The van der Waals surface area contributed by atoms with Crippen molar-refractivity contribution in [3.05, 3.63) is 0 Å². The highest BCUT2D eigenvalue weighted by molar-refractivity contribution is 4.98. The van der Waals surface area contributed by atoms with Gasteiger partial charge in [0.2, 0.25) is 0 Å². The molecule has 0 aromatic heterocycles. The summed E-state index contributed by atoms with van der Waals surface area (Å²) in [7, 11) is 0. The van der Waals surface area contributed by atoms with Gasteiger partial charge in [-0.05, 0) is 18.8 Å². The molecule has 0 bridgehead atoms. The van der Waals surface area contributed by atoms with Crippen molar-refractivity contribution in [1.82, 2.24) is 5.32 Å². The number of nitrogens with one attached hydrogen (secondary N) is 1. The highest BCUT2D eigenvalue weighted by Crippen LogP contribution is 2.35. The van der Waals surface area contributed by atoms with Gasteiger partial charge in [0.25, 0.3) is 0 Å². The lowest BCUT2D eigenvalue weighted by atomic mass is 9.71. The maximum atomic E-state index is 5.99. The summed E-state index contributed by atoms with van der Waals surface area (Å²) in [4.78, 5) is 0. The zero-order chi connectivity index (χ0) is 10.6. The lowest BCUT2D eigenvalue weighted by molar-refractivity contribution is 0.133. The van der Waals surface area contributed by atoms with Crippen molar-refractivity contribution >= 4 is 0 Å². The standard InChI is InChI=1S/C12H26N2/c1-4-11-7-5-6-8-12(11,9-13)14-10(2)3/h10-11,14H,4-9,13H2,1-3H3. The van der Waals surface area contributed by atoms with Crippen LogP contribution in [-0.4, -0.2) is 18.1 Å². The Bertz CT molecular complexity index is 168. The average molecular weight is 198 g/mol. The van der Waals surface area contributed by atoms with Gasteiger partial charge < -0.3 is 11.1 Å². The summed E-state index contributed by atoms with van der Waals surface area (Å²) in [6, 6.07) is 0.547. The van der Waals surface area contributed by atoms with Gasteiger partial charge in [0.05, 0.1) is 0 Å². The molecule has 1 fully saturated rings. The molecule has 84 valence electrons. The summed E-state index contributed by atoms with van der Waals surface area (Å²) in [5.74, 6) is 0.781. The molecule has 0 radical (unpaired) electrons. The molecule has 1 saturated carbocycles. The van der Waals surface area contributed by atoms with Crippen molar-refractivity contribution in [2.24, 2.45) is 11.7 Å². The van der Waals surface area contributed by atoms with Crippen LogP contribution in [0.15, 0.2) is 0 Å². The molecule has 0 heterocycles. The van der Waals surface area contributed by atoms with E-state index in [1.165, 1.54) is 32.1 Å². The van der Waals surface area contributed by atoms with Crippen molar-refractivity contribution < 1.29 is 0 Å². The zero-order valence-corrected chi connectivity index (χ0v) is 9.97. The molecule has 1 rings (SSSR count). The molecule has 14 heavy (non-hydrogen) atoms. The van der Waals surface area contributed by atoms with Crippen LogP contribution >= 0.6 is 0 Å². The SMILES string of the molecule is CCC1CCCCC1(CN)NC(C)C. The van der Waals surface area contributed by atoms with Gasteiger partial charge in [0.1, 0.15) is 0 Å². The van der Waals surface area contributed by atoms with Gasteiger partial charge >= 0.3 is 0 Å². The van der Waals surface area contributed by atoms with Gasteiger partial charge in [-0.2, -0.15) is 0 Å². The largest absolute Gasteiger partial charge is 0.329 e. The van der Waals surface area contributed by atoms with E-state index in [9.17, 15) is 0 Å². The van der Waals surface area contributed by atoms with Crippen LogP contribution in [0.4, 0.5) is 0 Å². The van der Waals surface area contributed by atoms with Crippen LogP contribution in [0.25, 0.3) is 0 Å². The van der Waals surface area contributed by atoms with Crippen molar-refractivity contribution in [3.63, 3.8) is 0 Å². The van der Waals surface area contributed by atoms with Gasteiger partial charge in [-0.25, -0.2) is 0 Å². The zero-order valence-electron chi connectivity index (χ0n) is 9.97. The van der Waals surface area contributed by atoms with Crippen LogP contribution in [-0.2, 0) is 0 Å². The van der Waals surface area contributed by atoms with E-state index in [0.29, 0.717) is 6.04 Å². The lowest BCUT2D eigenvalue weighted by Crippen LogP contribution is -2.59. The summed E-state index contributed by atoms with van der Waals surface area (Å²) in [5, 5.41) is 3.72. The summed E-state index contributed by atoms with van der Waals surface area (Å²) in [6.45, 7) is 7.53. The molecule has 0 aliphatic heterocycles. The molecule has 0 spiro atoms. The number of hydrogen-bond donors (Lipinski definition) is 2. The second-order valence-corrected chi connectivity index (χ2v) is 5.01. The van der Waals surface area contributed by atoms with E-state index in [-0.39, 0.29) is 5.54 Å². The Kier molecular flexibility index (Phi) is 4.39. The third kappa shape index (κ3) is 2.48. The second-order valence-electron chi connectivity index (χ2n) is 5.01. The number of hydrogen-bond acceptors (Lipinski definition) is 2. The van der Waals surface area contributed by atoms with Gasteiger partial charge in [0.15, 0.2) is 0 Å². The highest BCUT2D eigenvalue weighted by Gasteiger charge is 2.38. The first-order valence-corrected chi connectivity index (χ1v) is 6.12. The molecule has 3 N–H and O–H groups in total. The van der Waals surface area contributed by atoms with Gasteiger partial charge in [-0.3, -0.25) is 0 Å². The smallest absolute Gasteiger partial charge is 0.0334 e. The third-order valence-corrected chi connectivity index (χ3v) is 3.64. The predicted octanol–water partition coefficient (Wildman–Crippen LogP) is 2.28. The maximum Gasteiger partial charge on any atom is 0.0334 e. The summed E-state index contributed by atoms with van der Waals surface area (Å²) in [6.07, 6.45) is 6.61. The van der Waals surface area contributed by atoms with Crippen molar-refractivity contribution in [2.45, 2.75) is 64.5 Å². The van der Waals surface area contributed by atoms with E-state index >= 15 is 0 Å². The fraction of sp³-hybridized carbons (Fsp3) is 1.00. The molecule has 2 unspecified atom stereocenters. The van der Waals surface area contributed by atoms with Crippen LogP contribution in [0.2, 0.25) is 0 Å². The van der Waals surface area contributed by atoms with E-state index in [1.54, 1.807) is 0 Å². The third-order valence-electron chi connectivity index (χ3n) is 3.64. The Hall–Kier alpha value is -0.0800. The number of rotatable bonds is 4. The van der Waals surface area contributed by atoms with Crippen LogP contribution < -0.4 is 11.1 Å². The first kappa shape index (κ1) is 12.0. The van der Waals surface area contributed by atoms with Crippen LogP contribution in [0.3, 0.4) is 0 Å². The fourth-order valence-corrected chi connectivity index (χ4v) is 3.00. The summed E-state index contributed by atoms with van der Waals surface area (Å²) < 4.78 is 0. The Morgan fingerprint density at radius 3 is 2.64 bits per heavy atom. The molecule has 0 saturated heterocycles. The van der Waals surface area contributed by atoms with Gasteiger partial charge in [-0.15, -0.1) is 0 Å². The van der Waals surface area contributed by atoms with Gasteiger partial charge in [0, 0.05) is 18.1 Å². The second kappa shape index (κ2) is 5.13. The lowest BCUT2D eigenvalue weighted by Gasteiger charge is -2.45. The Labute approximate surface area is 88.6 Å². The Morgan fingerprint density at radius 2 is 2.14 bits per heavy atom. The first-order chi connectivity index (χ1) is 6.64. The van der Waals surface area contributed by atoms with Crippen LogP contribution in [0.5, 0.6) is 0 Å². The maximum absolute atomic E-state index is 5.99. The topological polar surface area (TPSA) is 38.0 Å². The minimum Gasteiger partial charge on any atom is -0.329 e. The molecule has 0 aromatic rings. The predicted molar refractivity (Wildman–Crippen MR) is 62.3 cm³/mol. The molecular formula is C12H26N2. The van der Waals surface area contributed by atoms with Crippen molar-refractivity contribution in [1.29, 1.82) is 0 Å². The molecular weight excluding hydrogens is 172 g/mol. The molecule has 1 aliphatic carbocycles. The molecule has 2 atom stereocenters. The van der Waals surface area contributed by atoms with E-state index < -0.39 is 0 Å². The molecule has 0 amide bonds. The quantitative estimate of drug-likeness (QED) is 0.727. The van der Waals surface area contributed by atoms with Crippen molar-refractivity contribution in [3.8, 4) is 0 Å². The molecule has 0 aromatic carbocycles. The Balaban J connectivity index is 2.70. The fourth-order valence-electron chi connectivity index (χ4n) is 3.00. The van der Waals surface area contributed by atoms with Crippen LogP contribution in [0.1, 0.15) is 52.9 Å². The van der Waals surface area contributed by atoms with Gasteiger partial charge in [-0.1, -0.05) is 40.0 Å². The van der Waals surface area contributed by atoms with E-state index in [4.69, 9.17) is 5.73 Å². The highest BCUT2D eigenvalue weighted by atomic mass is 15.0. The molecule has 1 aliphatic rings. The monoisotopic (exact) mass is 198 g/mol. The van der Waals surface area contributed by atoms with Crippen molar-refractivity contribution in [2.75, 3.05) is 6.54 Å². The van der Waals surface area contributed by atoms with Crippen LogP contribution in [0, 0.1) is 5.92 Å². The average Bonchev–Trinajstić information content (AvgIpc) is 2.17. The minimum atomic E-state index is 0.237. The normalized spacial score (nSPS) is 33.6. The van der Waals surface area contributed by atoms with E-state index in [2.05, 4.69) is 26.1 Å². The van der Waals surface area contributed by atoms with E-state index in [1.807, 2.05) is 0 Å². The summed E-state index contributed by atoms with van der Waals surface area (Å²) in [5.41, 5.74) is 6.23. The first-order valence-electron chi connectivity index (χ1n) is 6.12. The molecule has 2 nitrogen and oxygen atoms in total.